The zero-order valence-corrected chi connectivity index (χ0v) is 19.9. The van der Waals surface area contributed by atoms with Crippen LogP contribution in [0.25, 0.3) is 11.1 Å². The first-order chi connectivity index (χ1) is 16.1. The van der Waals surface area contributed by atoms with Crippen molar-refractivity contribution in [2.75, 3.05) is 19.7 Å². The normalized spacial score (nSPS) is 18.2. The Hall–Kier alpha value is -3.35. The Morgan fingerprint density at radius 3 is 2.18 bits per heavy atom. The number of carbonyl (C=O) groups is 3. The Kier molecular flexibility index (Phi) is 6.64. The van der Waals surface area contributed by atoms with E-state index in [0.29, 0.717) is 19.4 Å². The fourth-order valence-electron chi connectivity index (χ4n) is 4.98. The fraction of sp³-hybridized carbons (Fsp3) is 0.444. The molecule has 0 aromatic heterocycles. The van der Waals surface area contributed by atoms with E-state index in [1.54, 1.807) is 4.90 Å². The number of likely N-dealkylation sites (tertiary alicyclic amines) is 1. The standard InChI is InChI=1S/C27H32N2O5/c1-27(2,3)14-23(24(30)29-13-12-17(15-29)25(31)32)28-26(33)34-16-22-20-10-6-4-8-18(20)19-9-5-7-11-21(19)22/h4-11,17,22-23H,12-16H2,1-3H3,(H,28,33)(H,31,32). The third-order valence-electron chi connectivity index (χ3n) is 6.60. The van der Waals surface area contributed by atoms with Crippen LogP contribution in [-0.4, -0.2) is 53.7 Å². The first-order valence-electron chi connectivity index (χ1n) is 11.8. The summed E-state index contributed by atoms with van der Waals surface area (Å²) in [5, 5.41) is 12.0. The molecule has 1 saturated heterocycles. The largest absolute Gasteiger partial charge is 0.481 e. The van der Waals surface area contributed by atoms with Crippen LogP contribution in [0.2, 0.25) is 0 Å². The molecule has 7 heteroatoms. The number of nitrogens with zero attached hydrogens (tertiary/aromatic N) is 1. The van der Waals surface area contributed by atoms with E-state index >= 15 is 0 Å². The Morgan fingerprint density at radius 1 is 1.06 bits per heavy atom. The molecule has 0 spiro atoms. The summed E-state index contributed by atoms with van der Waals surface area (Å²) in [6.45, 7) is 6.70. The van der Waals surface area contributed by atoms with Gasteiger partial charge < -0.3 is 20.1 Å². The van der Waals surface area contributed by atoms with Gasteiger partial charge in [0.25, 0.3) is 0 Å². The monoisotopic (exact) mass is 464 g/mol. The van der Waals surface area contributed by atoms with Crippen LogP contribution in [0.1, 0.15) is 50.7 Å². The highest BCUT2D eigenvalue weighted by Crippen LogP contribution is 2.44. The van der Waals surface area contributed by atoms with Crippen LogP contribution in [0.15, 0.2) is 48.5 Å². The molecule has 2 amide bonds. The second kappa shape index (κ2) is 9.49. The zero-order chi connectivity index (χ0) is 24.5. The van der Waals surface area contributed by atoms with Crippen molar-refractivity contribution in [3.8, 4) is 11.1 Å². The number of fused-ring (bicyclic) bond motifs is 3. The molecule has 2 aliphatic rings. The summed E-state index contributed by atoms with van der Waals surface area (Å²) in [4.78, 5) is 38.8. The van der Waals surface area contributed by atoms with Crippen LogP contribution in [-0.2, 0) is 14.3 Å². The number of ether oxygens (including phenoxy) is 1. The number of aliphatic carboxylic acids is 1. The molecule has 1 aliphatic heterocycles. The molecule has 2 unspecified atom stereocenters. The van der Waals surface area contributed by atoms with E-state index in [9.17, 15) is 19.5 Å². The van der Waals surface area contributed by atoms with Gasteiger partial charge in [-0.05, 0) is 40.5 Å². The quantitative estimate of drug-likeness (QED) is 0.666. The number of nitrogens with one attached hydrogen (secondary N) is 1. The average molecular weight is 465 g/mol. The summed E-state index contributed by atoms with van der Waals surface area (Å²) in [5.74, 6) is -1.78. The maximum Gasteiger partial charge on any atom is 0.407 e. The molecule has 2 aromatic rings. The van der Waals surface area contributed by atoms with Crippen molar-refractivity contribution >= 4 is 18.0 Å². The van der Waals surface area contributed by atoms with E-state index in [1.807, 2.05) is 45.0 Å². The van der Waals surface area contributed by atoms with Gasteiger partial charge in [0.05, 0.1) is 5.92 Å². The van der Waals surface area contributed by atoms with Gasteiger partial charge in [-0.3, -0.25) is 9.59 Å². The highest BCUT2D eigenvalue weighted by Gasteiger charge is 2.37. The molecule has 0 bridgehead atoms. The second-order valence-electron chi connectivity index (χ2n) is 10.4. The predicted octanol–water partition coefficient (Wildman–Crippen LogP) is 4.26. The van der Waals surface area contributed by atoms with Gasteiger partial charge in [-0.25, -0.2) is 4.79 Å². The predicted molar refractivity (Wildman–Crippen MR) is 128 cm³/mol. The minimum atomic E-state index is -0.896. The molecule has 1 heterocycles. The zero-order valence-electron chi connectivity index (χ0n) is 19.9. The van der Waals surface area contributed by atoms with Crippen molar-refractivity contribution < 1.29 is 24.2 Å². The Morgan fingerprint density at radius 2 is 1.65 bits per heavy atom. The number of carboxylic acids is 1. The summed E-state index contributed by atoms with van der Waals surface area (Å²) >= 11 is 0. The maximum atomic E-state index is 13.2. The Balaban J connectivity index is 1.43. The summed E-state index contributed by atoms with van der Waals surface area (Å²) in [6, 6.07) is 15.5. The van der Waals surface area contributed by atoms with E-state index in [-0.39, 0.29) is 30.4 Å². The molecule has 4 rings (SSSR count). The van der Waals surface area contributed by atoms with Crippen LogP contribution in [0.3, 0.4) is 0 Å². The minimum Gasteiger partial charge on any atom is -0.481 e. The fourth-order valence-corrected chi connectivity index (χ4v) is 4.98. The lowest BCUT2D eigenvalue weighted by atomic mass is 9.87. The van der Waals surface area contributed by atoms with Crippen LogP contribution < -0.4 is 5.32 Å². The molecule has 1 aliphatic carbocycles. The number of rotatable bonds is 6. The van der Waals surface area contributed by atoms with Gasteiger partial charge in [0.2, 0.25) is 5.91 Å². The number of carboxylic acid groups (broad SMARTS) is 1. The average Bonchev–Trinajstić information content (AvgIpc) is 3.40. The number of benzene rings is 2. The topological polar surface area (TPSA) is 95.9 Å². The molecular weight excluding hydrogens is 432 g/mol. The van der Waals surface area contributed by atoms with Gasteiger partial charge >= 0.3 is 12.1 Å². The smallest absolute Gasteiger partial charge is 0.407 e. The van der Waals surface area contributed by atoms with Crippen LogP contribution >= 0.6 is 0 Å². The van der Waals surface area contributed by atoms with Gasteiger partial charge in [0.15, 0.2) is 0 Å². The number of amides is 2. The second-order valence-corrected chi connectivity index (χ2v) is 10.4. The van der Waals surface area contributed by atoms with E-state index in [4.69, 9.17) is 4.74 Å². The first kappa shape index (κ1) is 23.8. The van der Waals surface area contributed by atoms with E-state index in [1.165, 1.54) is 0 Å². The highest BCUT2D eigenvalue weighted by molar-refractivity contribution is 5.87. The van der Waals surface area contributed by atoms with Crippen LogP contribution in [0.4, 0.5) is 4.79 Å². The first-order valence-corrected chi connectivity index (χ1v) is 11.8. The molecule has 180 valence electrons. The number of alkyl carbamates (subject to hydrolysis) is 1. The number of carbonyl (C=O) groups excluding carboxylic acids is 2. The molecule has 2 atom stereocenters. The molecule has 2 aromatic carbocycles. The SMILES string of the molecule is CC(C)(C)CC(NC(=O)OCC1c2ccccc2-c2ccccc21)C(=O)N1CCC(C(=O)O)C1. The lowest BCUT2D eigenvalue weighted by molar-refractivity contribution is -0.141. The van der Waals surface area contributed by atoms with Crippen LogP contribution in [0, 0.1) is 11.3 Å². The third kappa shape index (κ3) is 5.08. The van der Waals surface area contributed by atoms with Gasteiger partial charge in [0, 0.05) is 19.0 Å². The van der Waals surface area contributed by atoms with E-state index in [0.717, 1.165) is 22.3 Å². The van der Waals surface area contributed by atoms with E-state index in [2.05, 4.69) is 29.6 Å². The highest BCUT2D eigenvalue weighted by atomic mass is 16.5. The van der Waals surface area contributed by atoms with Gasteiger partial charge in [-0.15, -0.1) is 0 Å². The summed E-state index contributed by atoms with van der Waals surface area (Å²) in [6.07, 6.45) is 0.205. The van der Waals surface area contributed by atoms with Crippen molar-refractivity contribution in [3.05, 3.63) is 59.7 Å². The van der Waals surface area contributed by atoms with Gasteiger partial charge in [0.1, 0.15) is 12.6 Å². The van der Waals surface area contributed by atoms with Crippen molar-refractivity contribution in [1.29, 1.82) is 0 Å². The van der Waals surface area contributed by atoms with Gasteiger partial charge in [-0.1, -0.05) is 69.3 Å². The molecule has 34 heavy (non-hydrogen) atoms. The molecule has 0 radical (unpaired) electrons. The van der Waals surface area contributed by atoms with Crippen molar-refractivity contribution in [3.63, 3.8) is 0 Å². The van der Waals surface area contributed by atoms with Crippen LogP contribution in [0.5, 0.6) is 0 Å². The summed E-state index contributed by atoms with van der Waals surface area (Å²) < 4.78 is 5.64. The lowest BCUT2D eigenvalue weighted by Crippen LogP contribution is -2.49. The molecular formula is C27H32N2O5. The summed E-state index contributed by atoms with van der Waals surface area (Å²) in [7, 11) is 0. The number of hydrogen-bond acceptors (Lipinski definition) is 4. The maximum absolute atomic E-state index is 13.2. The lowest BCUT2D eigenvalue weighted by Gasteiger charge is -2.29. The Labute approximate surface area is 200 Å². The van der Waals surface area contributed by atoms with Crippen molar-refractivity contribution in [1.82, 2.24) is 10.2 Å². The Bertz CT molecular complexity index is 1040. The molecule has 0 saturated carbocycles. The van der Waals surface area contributed by atoms with Crippen molar-refractivity contribution in [2.24, 2.45) is 11.3 Å². The molecule has 2 N–H and O–H groups in total. The van der Waals surface area contributed by atoms with E-state index < -0.39 is 24.0 Å². The molecule has 7 nitrogen and oxygen atoms in total. The summed E-state index contributed by atoms with van der Waals surface area (Å²) in [5.41, 5.74) is 4.32. The minimum absolute atomic E-state index is 0.0650. The van der Waals surface area contributed by atoms with Gasteiger partial charge in [-0.2, -0.15) is 0 Å². The molecule has 1 fully saturated rings. The van der Waals surface area contributed by atoms with Crippen molar-refractivity contribution in [2.45, 2.75) is 45.6 Å². The third-order valence-corrected chi connectivity index (χ3v) is 6.60. The number of hydrogen-bond donors (Lipinski definition) is 2.